The quantitative estimate of drug-likeness (QED) is 0.675. The molecule has 2 rings (SSSR count). The lowest BCUT2D eigenvalue weighted by Crippen LogP contribution is -2.48. The fraction of sp³-hybridized carbons (Fsp3) is 0.846. The minimum atomic E-state index is -0.849. The molecule has 18 heavy (non-hydrogen) atoms. The molecular weight excluding hydrogens is 232 g/mol. The van der Waals surface area contributed by atoms with Gasteiger partial charge in [-0.1, -0.05) is 13.3 Å². The molecule has 0 bridgehead atoms. The predicted molar refractivity (Wildman–Crippen MR) is 67.3 cm³/mol. The van der Waals surface area contributed by atoms with Gasteiger partial charge in [0.25, 0.3) is 0 Å². The van der Waals surface area contributed by atoms with Gasteiger partial charge in [-0.3, -0.25) is 4.79 Å². The number of carbonyl (C=O) groups is 2. The molecule has 0 spiro atoms. The average Bonchev–Trinajstić information content (AvgIpc) is 3.06. The Bertz CT molecular complexity index is 335. The van der Waals surface area contributed by atoms with Crippen LogP contribution >= 0.6 is 0 Å². The van der Waals surface area contributed by atoms with E-state index >= 15 is 0 Å². The Morgan fingerprint density at radius 2 is 2.06 bits per heavy atom. The highest BCUT2D eigenvalue weighted by atomic mass is 16.4. The van der Waals surface area contributed by atoms with E-state index in [9.17, 15) is 9.59 Å². The van der Waals surface area contributed by atoms with Crippen LogP contribution in [0.1, 0.15) is 45.4 Å². The van der Waals surface area contributed by atoms with Crippen LogP contribution in [0.3, 0.4) is 0 Å². The Balaban J connectivity index is 1.72. The van der Waals surface area contributed by atoms with Crippen molar-refractivity contribution in [1.29, 1.82) is 0 Å². The Kier molecular flexibility index (Phi) is 3.78. The molecule has 0 aromatic rings. The Labute approximate surface area is 107 Å². The summed E-state index contributed by atoms with van der Waals surface area (Å²) in [5.41, 5.74) is 0.249. The number of carbonyl (C=O) groups excluding carboxylic acids is 1. The zero-order valence-electron chi connectivity index (χ0n) is 10.9. The highest BCUT2D eigenvalue weighted by molar-refractivity contribution is 5.75. The molecule has 2 fully saturated rings. The number of aliphatic carboxylic acids is 1. The number of hydrogen-bond donors (Lipinski definition) is 3. The normalized spacial score (nSPS) is 22.7. The first-order valence-corrected chi connectivity index (χ1v) is 6.75. The number of amides is 2. The second-order valence-electron chi connectivity index (χ2n) is 6.03. The van der Waals surface area contributed by atoms with Crippen LogP contribution in [0.5, 0.6) is 0 Å². The van der Waals surface area contributed by atoms with E-state index in [0.717, 1.165) is 25.7 Å². The number of carboxylic acids is 1. The van der Waals surface area contributed by atoms with Crippen molar-refractivity contribution in [3.05, 3.63) is 0 Å². The zero-order valence-corrected chi connectivity index (χ0v) is 10.9. The first-order chi connectivity index (χ1) is 8.48. The van der Waals surface area contributed by atoms with Gasteiger partial charge in [0.15, 0.2) is 0 Å². The van der Waals surface area contributed by atoms with Crippen molar-refractivity contribution in [2.24, 2.45) is 11.3 Å². The van der Waals surface area contributed by atoms with E-state index in [2.05, 4.69) is 17.6 Å². The maximum atomic E-state index is 11.7. The molecule has 2 aliphatic rings. The summed E-state index contributed by atoms with van der Waals surface area (Å²) < 4.78 is 0. The third-order valence-corrected chi connectivity index (χ3v) is 4.14. The molecule has 0 heterocycles. The molecule has 1 unspecified atom stereocenters. The summed E-state index contributed by atoms with van der Waals surface area (Å²) in [6.07, 6.45) is 5.63. The van der Waals surface area contributed by atoms with Crippen LogP contribution in [-0.2, 0) is 4.79 Å². The zero-order chi connectivity index (χ0) is 13.2. The highest BCUT2D eigenvalue weighted by Gasteiger charge is 2.35. The van der Waals surface area contributed by atoms with Crippen molar-refractivity contribution in [3.63, 3.8) is 0 Å². The molecular formula is C13H22N2O3. The van der Waals surface area contributed by atoms with Crippen LogP contribution < -0.4 is 10.6 Å². The summed E-state index contributed by atoms with van der Waals surface area (Å²) in [6, 6.07) is -0.432. The molecule has 0 aromatic heterocycles. The summed E-state index contributed by atoms with van der Waals surface area (Å²) >= 11 is 0. The first kappa shape index (κ1) is 13.2. The molecule has 0 aromatic carbocycles. The summed E-state index contributed by atoms with van der Waals surface area (Å²) in [7, 11) is 0. The molecule has 0 saturated heterocycles. The number of nitrogens with one attached hydrogen (secondary N) is 2. The van der Waals surface area contributed by atoms with Crippen LogP contribution in [0, 0.1) is 11.3 Å². The molecule has 0 radical (unpaired) electrons. The van der Waals surface area contributed by atoms with E-state index in [-0.39, 0.29) is 23.9 Å². The van der Waals surface area contributed by atoms with Crippen LogP contribution in [0.25, 0.3) is 0 Å². The van der Waals surface area contributed by atoms with Crippen molar-refractivity contribution < 1.29 is 14.7 Å². The first-order valence-electron chi connectivity index (χ1n) is 6.75. The predicted octanol–water partition coefficient (Wildman–Crippen LogP) is 1.73. The third kappa shape index (κ3) is 3.62. The van der Waals surface area contributed by atoms with Crippen molar-refractivity contribution in [2.75, 3.05) is 6.54 Å². The van der Waals surface area contributed by atoms with Gasteiger partial charge in [-0.15, -0.1) is 0 Å². The van der Waals surface area contributed by atoms with Crippen LogP contribution in [0.15, 0.2) is 0 Å². The maximum Gasteiger partial charge on any atom is 0.315 e. The van der Waals surface area contributed by atoms with E-state index in [1.54, 1.807) is 0 Å². The van der Waals surface area contributed by atoms with E-state index in [0.29, 0.717) is 12.5 Å². The molecule has 5 heteroatoms. The summed E-state index contributed by atoms with van der Waals surface area (Å²) in [6.45, 7) is 2.86. The van der Waals surface area contributed by atoms with Crippen molar-refractivity contribution in [3.8, 4) is 0 Å². The molecule has 1 atom stereocenters. The fourth-order valence-electron chi connectivity index (χ4n) is 2.49. The van der Waals surface area contributed by atoms with Crippen molar-refractivity contribution in [1.82, 2.24) is 10.6 Å². The standard InChI is InChI=1S/C13H22N2O3/c1-13(5-2-6-13)8-14-12(18)15-10(7-11(16)17)9-3-4-9/h9-10H,2-8H2,1H3,(H,16,17)(H2,14,15,18). The Hall–Kier alpha value is -1.26. The van der Waals surface area contributed by atoms with Gasteiger partial charge in [0.05, 0.1) is 6.42 Å². The smallest absolute Gasteiger partial charge is 0.315 e. The lowest BCUT2D eigenvalue weighted by molar-refractivity contribution is -0.137. The van der Waals surface area contributed by atoms with Gasteiger partial charge < -0.3 is 15.7 Å². The number of urea groups is 1. The van der Waals surface area contributed by atoms with Gasteiger partial charge >= 0.3 is 12.0 Å². The molecule has 102 valence electrons. The molecule has 2 saturated carbocycles. The number of carboxylic acid groups (broad SMARTS) is 1. The minimum absolute atomic E-state index is 0.0232. The van der Waals surface area contributed by atoms with Gasteiger partial charge in [0.2, 0.25) is 0 Å². The second kappa shape index (κ2) is 5.16. The lowest BCUT2D eigenvalue weighted by atomic mass is 9.70. The van der Waals surface area contributed by atoms with Gasteiger partial charge in [0.1, 0.15) is 0 Å². The van der Waals surface area contributed by atoms with Crippen molar-refractivity contribution >= 4 is 12.0 Å². The van der Waals surface area contributed by atoms with E-state index < -0.39 is 5.97 Å². The maximum absolute atomic E-state index is 11.7. The van der Waals surface area contributed by atoms with E-state index in [1.807, 2.05) is 0 Å². The van der Waals surface area contributed by atoms with Gasteiger partial charge in [-0.05, 0) is 37.0 Å². The number of rotatable bonds is 6. The monoisotopic (exact) mass is 254 g/mol. The Morgan fingerprint density at radius 3 is 2.50 bits per heavy atom. The molecule has 0 aliphatic heterocycles. The summed E-state index contributed by atoms with van der Waals surface area (Å²) in [5.74, 6) is -0.496. The van der Waals surface area contributed by atoms with Crippen LogP contribution in [0.4, 0.5) is 4.79 Å². The van der Waals surface area contributed by atoms with Gasteiger partial charge in [-0.25, -0.2) is 4.79 Å². The largest absolute Gasteiger partial charge is 0.481 e. The molecule has 3 N–H and O–H groups in total. The summed E-state index contributed by atoms with van der Waals surface area (Å²) in [4.78, 5) is 22.5. The van der Waals surface area contributed by atoms with Gasteiger partial charge in [0, 0.05) is 12.6 Å². The highest BCUT2D eigenvalue weighted by Crippen LogP contribution is 2.39. The minimum Gasteiger partial charge on any atom is -0.481 e. The topological polar surface area (TPSA) is 78.4 Å². The number of hydrogen-bond acceptors (Lipinski definition) is 2. The fourth-order valence-corrected chi connectivity index (χ4v) is 2.49. The Morgan fingerprint density at radius 1 is 1.39 bits per heavy atom. The SMILES string of the molecule is CC1(CNC(=O)NC(CC(=O)O)C2CC2)CCC1. The van der Waals surface area contributed by atoms with Crippen LogP contribution in [-0.4, -0.2) is 29.7 Å². The molecule has 2 amide bonds. The average molecular weight is 254 g/mol. The third-order valence-electron chi connectivity index (χ3n) is 4.14. The molecule has 2 aliphatic carbocycles. The molecule has 5 nitrogen and oxygen atoms in total. The lowest BCUT2D eigenvalue weighted by Gasteiger charge is -2.38. The summed E-state index contributed by atoms with van der Waals surface area (Å²) in [5, 5.41) is 14.5. The van der Waals surface area contributed by atoms with Crippen LogP contribution in [0.2, 0.25) is 0 Å². The van der Waals surface area contributed by atoms with E-state index in [1.165, 1.54) is 6.42 Å². The van der Waals surface area contributed by atoms with Crippen molar-refractivity contribution in [2.45, 2.75) is 51.5 Å². The van der Waals surface area contributed by atoms with Gasteiger partial charge in [-0.2, -0.15) is 0 Å². The van der Waals surface area contributed by atoms with E-state index in [4.69, 9.17) is 5.11 Å². The second-order valence-corrected chi connectivity index (χ2v) is 6.03.